The van der Waals surface area contributed by atoms with Crippen molar-refractivity contribution in [3.05, 3.63) is 58.4 Å². The predicted molar refractivity (Wildman–Crippen MR) is 111 cm³/mol. The molecule has 0 atom stereocenters. The first kappa shape index (κ1) is 21.3. The molecule has 3 aromatic rings. The Balaban J connectivity index is 1.89. The van der Waals surface area contributed by atoms with Gasteiger partial charge < -0.3 is 19.2 Å². The van der Waals surface area contributed by atoms with Crippen LogP contribution in [0.2, 0.25) is 0 Å². The fourth-order valence-electron chi connectivity index (χ4n) is 2.75. The van der Waals surface area contributed by atoms with E-state index in [-0.39, 0.29) is 30.0 Å². The van der Waals surface area contributed by atoms with Crippen molar-refractivity contribution in [1.82, 2.24) is 4.98 Å². The summed E-state index contributed by atoms with van der Waals surface area (Å²) in [5.74, 6) is -1.10. The smallest absolute Gasteiger partial charge is 0.341 e. The molecule has 0 aliphatic heterocycles. The number of nitrogens with one attached hydrogen (secondary N) is 1. The third kappa shape index (κ3) is 4.41. The molecule has 0 saturated heterocycles. The van der Waals surface area contributed by atoms with E-state index < -0.39 is 17.8 Å². The number of thiophene rings is 1. The SMILES string of the molecule is CCOC(=O)c1ccc(C(=O)Nc2scc(-c3ccco3)c2C(=O)OCC)nc1C. The van der Waals surface area contributed by atoms with Gasteiger partial charge >= 0.3 is 11.9 Å². The van der Waals surface area contributed by atoms with E-state index in [2.05, 4.69) is 10.3 Å². The number of hydrogen-bond donors (Lipinski definition) is 1. The molecule has 156 valence electrons. The molecule has 0 aromatic carbocycles. The zero-order chi connectivity index (χ0) is 21.7. The number of aryl methyl sites for hydroxylation is 1. The molecular formula is C21H20N2O6S. The monoisotopic (exact) mass is 428 g/mol. The van der Waals surface area contributed by atoms with Crippen LogP contribution in [0.25, 0.3) is 11.3 Å². The number of carbonyl (C=O) groups excluding carboxylic acids is 3. The van der Waals surface area contributed by atoms with Gasteiger partial charge in [0, 0.05) is 10.9 Å². The van der Waals surface area contributed by atoms with Crippen LogP contribution in [0, 0.1) is 6.92 Å². The first-order chi connectivity index (χ1) is 14.5. The zero-order valence-electron chi connectivity index (χ0n) is 16.7. The highest BCUT2D eigenvalue weighted by atomic mass is 32.1. The van der Waals surface area contributed by atoms with Gasteiger partial charge in [-0.2, -0.15) is 0 Å². The molecule has 0 fully saturated rings. The van der Waals surface area contributed by atoms with Gasteiger partial charge in [0.1, 0.15) is 22.0 Å². The van der Waals surface area contributed by atoms with E-state index in [0.717, 1.165) is 0 Å². The normalized spacial score (nSPS) is 10.5. The molecule has 8 nitrogen and oxygen atoms in total. The number of furan rings is 1. The second kappa shape index (κ2) is 9.36. The molecule has 0 aliphatic carbocycles. The summed E-state index contributed by atoms with van der Waals surface area (Å²) in [4.78, 5) is 41.4. The van der Waals surface area contributed by atoms with Crippen LogP contribution in [0.15, 0.2) is 40.3 Å². The van der Waals surface area contributed by atoms with Crippen molar-refractivity contribution >= 4 is 34.2 Å². The number of pyridine rings is 1. The van der Waals surface area contributed by atoms with Crippen molar-refractivity contribution in [3.8, 4) is 11.3 Å². The van der Waals surface area contributed by atoms with Crippen LogP contribution in [-0.4, -0.2) is 36.0 Å². The van der Waals surface area contributed by atoms with Gasteiger partial charge in [-0.1, -0.05) is 0 Å². The number of amides is 1. The fourth-order valence-corrected chi connectivity index (χ4v) is 3.68. The largest absolute Gasteiger partial charge is 0.464 e. The summed E-state index contributed by atoms with van der Waals surface area (Å²) in [6.45, 7) is 5.46. The van der Waals surface area contributed by atoms with Crippen LogP contribution in [-0.2, 0) is 9.47 Å². The number of ether oxygens (including phenoxy) is 2. The van der Waals surface area contributed by atoms with Crippen LogP contribution >= 0.6 is 11.3 Å². The number of nitrogens with zero attached hydrogens (tertiary/aromatic N) is 1. The lowest BCUT2D eigenvalue weighted by atomic mass is 10.1. The third-order valence-electron chi connectivity index (χ3n) is 4.10. The predicted octanol–water partition coefficient (Wildman–Crippen LogP) is 4.32. The van der Waals surface area contributed by atoms with Crippen molar-refractivity contribution in [1.29, 1.82) is 0 Å². The highest BCUT2D eigenvalue weighted by Gasteiger charge is 2.25. The van der Waals surface area contributed by atoms with Crippen LogP contribution < -0.4 is 5.32 Å². The van der Waals surface area contributed by atoms with Crippen LogP contribution in [0.5, 0.6) is 0 Å². The number of anilines is 1. The number of rotatable bonds is 7. The second-order valence-corrected chi connectivity index (χ2v) is 6.93. The molecule has 0 saturated carbocycles. The minimum atomic E-state index is -0.567. The van der Waals surface area contributed by atoms with Crippen LogP contribution in [0.1, 0.15) is 50.7 Å². The number of aromatic nitrogens is 1. The van der Waals surface area contributed by atoms with E-state index in [0.29, 0.717) is 22.0 Å². The summed E-state index contributed by atoms with van der Waals surface area (Å²) < 4.78 is 15.5. The Morgan fingerprint density at radius 3 is 2.47 bits per heavy atom. The Kier molecular flexibility index (Phi) is 6.63. The molecule has 3 aromatic heterocycles. The van der Waals surface area contributed by atoms with Crippen molar-refractivity contribution in [2.45, 2.75) is 20.8 Å². The lowest BCUT2D eigenvalue weighted by Gasteiger charge is -2.09. The Bertz CT molecular complexity index is 1070. The van der Waals surface area contributed by atoms with Gasteiger partial charge in [-0.3, -0.25) is 4.79 Å². The molecule has 3 rings (SSSR count). The van der Waals surface area contributed by atoms with E-state index in [1.165, 1.54) is 29.7 Å². The summed E-state index contributed by atoms with van der Waals surface area (Å²) >= 11 is 1.18. The first-order valence-electron chi connectivity index (χ1n) is 9.24. The minimum absolute atomic E-state index is 0.100. The lowest BCUT2D eigenvalue weighted by molar-refractivity contribution is 0.0516. The van der Waals surface area contributed by atoms with Crippen molar-refractivity contribution in [2.75, 3.05) is 18.5 Å². The summed E-state index contributed by atoms with van der Waals surface area (Å²) in [6, 6.07) is 6.34. The van der Waals surface area contributed by atoms with Gasteiger partial charge in [0.15, 0.2) is 0 Å². The topological polar surface area (TPSA) is 108 Å². The Labute approximate surface area is 176 Å². The zero-order valence-corrected chi connectivity index (χ0v) is 17.5. The van der Waals surface area contributed by atoms with Gasteiger partial charge in [-0.05, 0) is 45.0 Å². The van der Waals surface area contributed by atoms with Crippen molar-refractivity contribution in [3.63, 3.8) is 0 Å². The Morgan fingerprint density at radius 1 is 1.10 bits per heavy atom. The molecule has 0 bridgehead atoms. The standard InChI is InChI=1S/C21H20N2O6S/c1-4-27-20(25)13-8-9-15(22-12(13)3)18(24)23-19-17(21(26)28-5-2)14(11-30-19)16-7-6-10-29-16/h6-11H,4-5H2,1-3H3,(H,23,24). The summed E-state index contributed by atoms with van der Waals surface area (Å²) in [6.07, 6.45) is 1.50. The maximum Gasteiger partial charge on any atom is 0.341 e. The molecule has 3 heterocycles. The van der Waals surface area contributed by atoms with Crippen molar-refractivity contribution < 1.29 is 28.3 Å². The molecule has 1 N–H and O–H groups in total. The average molecular weight is 428 g/mol. The first-order valence-corrected chi connectivity index (χ1v) is 10.1. The quantitative estimate of drug-likeness (QED) is 0.558. The van der Waals surface area contributed by atoms with E-state index in [4.69, 9.17) is 13.9 Å². The number of hydrogen-bond acceptors (Lipinski definition) is 8. The molecule has 0 aliphatic rings. The highest BCUT2D eigenvalue weighted by Crippen LogP contribution is 2.36. The van der Waals surface area contributed by atoms with Crippen LogP contribution in [0.4, 0.5) is 5.00 Å². The molecule has 1 amide bonds. The maximum absolute atomic E-state index is 12.7. The average Bonchev–Trinajstić information content (AvgIpc) is 3.37. The Hall–Kier alpha value is -3.46. The summed E-state index contributed by atoms with van der Waals surface area (Å²) in [5.41, 5.74) is 1.50. The molecule has 30 heavy (non-hydrogen) atoms. The fraction of sp³-hybridized carbons (Fsp3) is 0.238. The van der Waals surface area contributed by atoms with Gasteiger partial charge in [-0.15, -0.1) is 11.3 Å². The summed E-state index contributed by atoms with van der Waals surface area (Å²) in [5, 5.41) is 4.74. The van der Waals surface area contributed by atoms with Crippen LogP contribution in [0.3, 0.4) is 0 Å². The molecule has 0 unspecified atom stereocenters. The number of carbonyl (C=O) groups is 3. The number of esters is 2. The van der Waals surface area contributed by atoms with Gasteiger partial charge in [0.05, 0.1) is 30.7 Å². The van der Waals surface area contributed by atoms with E-state index in [1.54, 1.807) is 38.3 Å². The third-order valence-corrected chi connectivity index (χ3v) is 4.99. The molecule has 0 radical (unpaired) electrons. The van der Waals surface area contributed by atoms with E-state index >= 15 is 0 Å². The molecule has 9 heteroatoms. The molecular weight excluding hydrogens is 408 g/mol. The second-order valence-electron chi connectivity index (χ2n) is 6.06. The highest BCUT2D eigenvalue weighted by molar-refractivity contribution is 7.15. The molecule has 0 spiro atoms. The van der Waals surface area contributed by atoms with Gasteiger partial charge in [0.25, 0.3) is 5.91 Å². The van der Waals surface area contributed by atoms with E-state index in [9.17, 15) is 14.4 Å². The van der Waals surface area contributed by atoms with Gasteiger partial charge in [-0.25, -0.2) is 14.6 Å². The van der Waals surface area contributed by atoms with Gasteiger partial charge in [0.2, 0.25) is 0 Å². The van der Waals surface area contributed by atoms with Crippen molar-refractivity contribution in [2.24, 2.45) is 0 Å². The Morgan fingerprint density at radius 2 is 1.83 bits per heavy atom. The van der Waals surface area contributed by atoms with E-state index in [1.807, 2.05) is 0 Å². The minimum Gasteiger partial charge on any atom is -0.464 e. The summed E-state index contributed by atoms with van der Waals surface area (Å²) in [7, 11) is 0. The maximum atomic E-state index is 12.7. The lowest BCUT2D eigenvalue weighted by Crippen LogP contribution is -2.17.